The van der Waals surface area contributed by atoms with E-state index in [4.69, 9.17) is 61.6 Å². The monoisotopic (exact) mass is 1080 g/mol. The summed E-state index contributed by atoms with van der Waals surface area (Å²) < 4.78 is 89.0. The van der Waals surface area contributed by atoms with E-state index in [1.807, 2.05) is 189 Å². The summed E-state index contributed by atoms with van der Waals surface area (Å²) in [6, 6.07) is 57.7. The average Bonchev–Trinajstić information content (AvgIpc) is 3.58. The fraction of sp³-hybridized carbons (Fsp3) is 0.413. The lowest BCUT2D eigenvalue weighted by molar-refractivity contribution is -0.395. The molecule has 6 aromatic rings. The molecule has 0 saturated carbocycles. The number of hydrogen-bond donors (Lipinski definition) is 2. The van der Waals surface area contributed by atoms with E-state index in [0.29, 0.717) is 0 Å². The Hall–Kier alpha value is -5.77. The smallest absolute Gasteiger partial charge is 0.217 e. The lowest BCUT2D eigenvalue weighted by Crippen LogP contribution is -2.70. The van der Waals surface area contributed by atoms with Crippen LogP contribution in [0.3, 0.4) is 0 Å². The first-order valence-corrected chi connectivity index (χ1v) is 27.1. The standard InChI is InChI=1S/C63H71NO15/c1-41-52(68-35-43-22-10-4-11-23-43)57(79-63-58(71-38-46-28-16-7-17-29-46)56(70-37-45-26-14-6-15-27-45)53(49(34-65)75-63)69-36-44-24-12-5-13-25-44)59(72-39-47-30-18-8-19-31-47)62(74-41)78-55-51(64-42(2)66)61(67-3)76-50-40-73-60(77-54(50)55)48-32-20-9-21-33-48/h4-33,41,49-63,65H,34-40H2,1-3H3,(H,64,66)/t41-,49-,50+,51+,52-,53-,54+,55+,56+,57+,58+,59+,60+,61+,62-,63-/m0/s1. The van der Waals surface area contributed by atoms with Crippen molar-refractivity contribution in [2.24, 2.45) is 0 Å². The number of aliphatic hydroxyl groups is 1. The van der Waals surface area contributed by atoms with Crippen molar-refractivity contribution in [3.63, 3.8) is 0 Å². The normalized spacial score (nSPS) is 30.7. The highest BCUT2D eigenvalue weighted by Crippen LogP contribution is 2.40. The molecule has 0 radical (unpaired) electrons. The van der Waals surface area contributed by atoms with Crippen LogP contribution >= 0.6 is 0 Å². The third kappa shape index (κ3) is 14.6. The van der Waals surface area contributed by atoms with Crippen LogP contribution in [0.25, 0.3) is 0 Å². The Labute approximate surface area is 462 Å². The summed E-state index contributed by atoms with van der Waals surface area (Å²) in [4.78, 5) is 13.2. The summed E-state index contributed by atoms with van der Waals surface area (Å²) >= 11 is 0. The molecule has 0 spiro atoms. The van der Waals surface area contributed by atoms with Gasteiger partial charge in [0.25, 0.3) is 0 Å². The molecule has 0 aromatic heterocycles. The Morgan fingerprint density at radius 2 is 0.911 bits per heavy atom. The minimum absolute atomic E-state index is 0.0986. The maximum atomic E-state index is 13.2. The Morgan fingerprint density at radius 1 is 0.494 bits per heavy atom. The lowest BCUT2D eigenvalue weighted by atomic mass is 9.94. The van der Waals surface area contributed by atoms with Crippen LogP contribution in [-0.2, 0) is 99.4 Å². The number of aliphatic hydroxyl groups excluding tert-OH is 1. The van der Waals surface area contributed by atoms with Gasteiger partial charge in [-0.3, -0.25) is 4.79 Å². The van der Waals surface area contributed by atoms with Crippen LogP contribution in [0.15, 0.2) is 182 Å². The topological polar surface area (TPSA) is 169 Å². The van der Waals surface area contributed by atoms with Crippen LogP contribution in [0.1, 0.15) is 53.5 Å². The van der Waals surface area contributed by atoms with Gasteiger partial charge in [-0.15, -0.1) is 0 Å². The predicted octanol–water partition coefficient (Wildman–Crippen LogP) is 8.14. The second-order valence-corrected chi connectivity index (χ2v) is 20.1. The van der Waals surface area contributed by atoms with E-state index in [1.165, 1.54) is 14.0 Å². The molecule has 0 unspecified atom stereocenters. The highest BCUT2D eigenvalue weighted by atomic mass is 16.8. The highest BCUT2D eigenvalue weighted by molar-refractivity contribution is 5.73. The number of methoxy groups -OCH3 is 1. The van der Waals surface area contributed by atoms with E-state index in [-0.39, 0.29) is 45.5 Å². The molecule has 16 heteroatoms. The van der Waals surface area contributed by atoms with Gasteiger partial charge in [-0.05, 0) is 34.7 Å². The summed E-state index contributed by atoms with van der Waals surface area (Å²) in [5.41, 5.74) is 5.32. The van der Waals surface area contributed by atoms with Crippen molar-refractivity contribution < 1.29 is 71.5 Å². The average molecular weight is 1080 g/mol. The van der Waals surface area contributed by atoms with Crippen LogP contribution < -0.4 is 5.32 Å². The van der Waals surface area contributed by atoms with Gasteiger partial charge in [-0.2, -0.15) is 0 Å². The molecule has 79 heavy (non-hydrogen) atoms. The zero-order chi connectivity index (χ0) is 54.3. The molecule has 4 saturated heterocycles. The number of nitrogens with one attached hydrogen (secondary N) is 1. The maximum Gasteiger partial charge on any atom is 0.217 e. The molecule has 4 heterocycles. The second kappa shape index (κ2) is 28.1. The van der Waals surface area contributed by atoms with Gasteiger partial charge in [0.15, 0.2) is 25.2 Å². The molecule has 4 aliphatic heterocycles. The van der Waals surface area contributed by atoms with Gasteiger partial charge in [0, 0.05) is 19.6 Å². The highest BCUT2D eigenvalue weighted by Gasteiger charge is 2.57. The SMILES string of the molecule is CO[C@@H]1O[C@@H]2CO[C@@H](c3ccccc3)O[C@H]2[C@H](O[C@@H]2O[C@@H](C)[C@H](OCc3ccccc3)[C@@H](O[C@@H]3O[C@@H](CO)[C@H](OCc4ccccc4)[C@@H](OCc4ccccc4)[C@H]3OCc3ccccc3)[C@H]2OCc2ccccc2)[C@H]1NC(C)=O. The number of carbonyl (C=O) groups is 1. The number of rotatable bonds is 23. The van der Waals surface area contributed by atoms with E-state index in [2.05, 4.69) is 5.32 Å². The first-order chi connectivity index (χ1) is 38.8. The molecule has 16 atom stereocenters. The van der Waals surface area contributed by atoms with Crippen LogP contribution in [0.2, 0.25) is 0 Å². The molecule has 0 aliphatic carbocycles. The Balaban J connectivity index is 1.05. The number of hydrogen-bond acceptors (Lipinski definition) is 15. The third-order valence-electron chi connectivity index (χ3n) is 14.5. The van der Waals surface area contributed by atoms with E-state index < -0.39 is 105 Å². The molecule has 2 N–H and O–H groups in total. The van der Waals surface area contributed by atoms with Crippen molar-refractivity contribution in [2.45, 2.75) is 145 Å². The first-order valence-electron chi connectivity index (χ1n) is 27.1. The largest absolute Gasteiger partial charge is 0.394 e. The molecule has 1 amide bonds. The number of benzene rings is 6. The zero-order valence-electron chi connectivity index (χ0n) is 44.7. The van der Waals surface area contributed by atoms with Crippen molar-refractivity contribution in [1.82, 2.24) is 5.32 Å². The summed E-state index contributed by atoms with van der Waals surface area (Å²) in [5, 5.41) is 14.4. The van der Waals surface area contributed by atoms with E-state index in [9.17, 15) is 9.90 Å². The molecule has 0 bridgehead atoms. The van der Waals surface area contributed by atoms with Crippen LogP contribution in [-0.4, -0.2) is 123 Å². The van der Waals surface area contributed by atoms with Crippen molar-refractivity contribution in [3.8, 4) is 0 Å². The van der Waals surface area contributed by atoms with E-state index in [0.717, 1.165) is 33.4 Å². The molecule has 418 valence electrons. The molecule has 4 aliphatic rings. The minimum Gasteiger partial charge on any atom is -0.394 e. The zero-order valence-corrected chi connectivity index (χ0v) is 44.7. The van der Waals surface area contributed by atoms with Gasteiger partial charge in [0.05, 0.1) is 52.4 Å². The summed E-state index contributed by atoms with van der Waals surface area (Å²) in [6.45, 7) is 3.82. The van der Waals surface area contributed by atoms with Crippen molar-refractivity contribution in [1.29, 1.82) is 0 Å². The van der Waals surface area contributed by atoms with E-state index in [1.54, 1.807) is 0 Å². The third-order valence-corrected chi connectivity index (χ3v) is 14.5. The van der Waals surface area contributed by atoms with Crippen molar-refractivity contribution in [3.05, 3.63) is 215 Å². The molecular weight excluding hydrogens is 1010 g/mol. The van der Waals surface area contributed by atoms with Gasteiger partial charge in [0.1, 0.15) is 67.1 Å². The fourth-order valence-electron chi connectivity index (χ4n) is 10.6. The quantitative estimate of drug-likeness (QED) is 0.0630. The fourth-order valence-corrected chi connectivity index (χ4v) is 10.6. The second-order valence-electron chi connectivity index (χ2n) is 20.1. The first kappa shape index (κ1) is 56.5. The number of carbonyl (C=O) groups excluding carboxylic acids is 1. The molecule has 16 nitrogen and oxygen atoms in total. The van der Waals surface area contributed by atoms with Gasteiger partial charge < -0.3 is 72.0 Å². The van der Waals surface area contributed by atoms with E-state index >= 15 is 0 Å². The van der Waals surface area contributed by atoms with Gasteiger partial charge in [-0.1, -0.05) is 182 Å². The lowest BCUT2D eigenvalue weighted by Gasteiger charge is -2.52. The molecular formula is C63H71NO15. The number of ether oxygens (including phenoxy) is 13. The van der Waals surface area contributed by atoms with Gasteiger partial charge >= 0.3 is 0 Å². The summed E-state index contributed by atoms with van der Waals surface area (Å²) in [7, 11) is 1.51. The van der Waals surface area contributed by atoms with Crippen molar-refractivity contribution >= 4 is 5.91 Å². The Kier molecular flexibility index (Phi) is 20.1. The Morgan fingerprint density at radius 3 is 1.38 bits per heavy atom. The predicted molar refractivity (Wildman–Crippen MR) is 288 cm³/mol. The molecule has 4 fully saturated rings. The molecule has 6 aromatic carbocycles. The van der Waals surface area contributed by atoms with Gasteiger partial charge in [-0.25, -0.2) is 0 Å². The Bertz CT molecular complexity index is 2720. The van der Waals surface area contributed by atoms with Gasteiger partial charge in [0.2, 0.25) is 5.91 Å². The number of fused-ring (bicyclic) bond motifs is 1. The summed E-state index contributed by atoms with van der Waals surface area (Å²) in [5.74, 6) is -0.343. The van der Waals surface area contributed by atoms with Crippen LogP contribution in [0.5, 0.6) is 0 Å². The number of amides is 1. The maximum absolute atomic E-state index is 13.2. The minimum atomic E-state index is -1.25. The van der Waals surface area contributed by atoms with Crippen molar-refractivity contribution in [2.75, 3.05) is 20.3 Å². The van der Waals surface area contributed by atoms with Crippen LogP contribution in [0.4, 0.5) is 0 Å². The molecule has 10 rings (SSSR count). The van der Waals surface area contributed by atoms with Crippen LogP contribution in [0, 0.1) is 0 Å². The summed E-state index contributed by atoms with van der Waals surface area (Å²) in [6.07, 6.45) is -14.1.